The van der Waals surface area contributed by atoms with E-state index in [0.29, 0.717) is 32.0 Å². The molecule has 1 atom stereocenters. The highest BCUT2D eigenvalue weighted by molar-refractivity contribution is 5.70. The van der Waals surface area contributed by atoms with Crippen LogP contribution >= 0.6 is 0 Å². The van der Waals surface area contributed by atoms with Gasteiger partial charge in [0.2, 0.25) is 0 Å². The summed E-state index contributed by atoms with van der Waals surface area (Å²) in [4.78, 5) is 32.7. The lowest BCUT2D eigenvalue weighted by atomic mass is 9.96. The Morgan fingerprint density at radius 1 is 1.11 bits per heavy atom. The fourth-order valence-corrected chi connectivity index (χ4v) is 5.00. The van der Waals surface area contributed by atoms with E-state index >= 15 is 0 Å². The number of benzene rings is 1. The van der Waals surface area contributed by atoms with Crippen molar-refractivity contribution in [2.75, 3.05) is 31.1 Å². The van der Waals surface area contributed by atoms with Crippen molar-refractivity contribution < 1.29 is 23.8 Å². The number of aromatic nitrogens is 1. The first-order valence-corrected chi connectivity index (χ1v) is 13.7. The highest BCUT2D eigenvalue weighted by atomic mass is 16.6. The van der Waals surface area contributed by atoms with Gasteiger partial charge in [0, 0.05) is 56.2 Å². The topological polar surface area (TPSA) is 81.2 Å². The monoisotopic (exact) mass is 523 g/mol. The highest BCUT2D eigenvalue weighted by Gasteiger charge is 2.27. The van der Waals surface area contributed by atoms with Crippen molar-refractivity contribution in [2.24, 2.45) is 5.92 Å². The van der Waals surface area contributed by atoms with Crippen LogP contribution in [-0.2, 0) is 27.2 Å². The third kappa shape index (κ3) is 7.17. The van der Waals surface area contributed by atoms with Crippen LogP contribution in [0.15, 0.2) is 36.7 Å². The Kier molecular flexibility index (Phi) is 8.80. The van der Waals surface area contributed by atoms with Gasteiger partial charge >= 0.3 is 12.1 Å². The van der Waals surface area contributed by atoms with E-state index in [0.717, 1.165) is 54.9 Å². The Hall–Kier alpha value is -3.29. The molecule has 38 heavy (non-hydrogen) atoms. The molecule has 3 heterocycles. The van der Waals surface area contributed by atoms with Gasteiger partial charge in [0.25, 0.3) is 0 Å². The molecule has 0 bridgehead atoms. The van der Waals surface area contributed by atoms with Crippen LogP contribution in [0.4, 0.5) is 10.5 Å². The molecule has 1 saturated heterocycles. The number of pyridine rings is 1. The van der Waals surface area contributed by atoms with Crippen LogP contribution in [0.1, 0.15) is 76.7 Å². The van der Waals surface area contributed by atoms with Gasteiger partial charge in [-0.05, 0) is 82.2 Å². The first-order chi connectivity index (χ1) is 18.1. The zero-order chi connectivity index (χ0) is 27.3. The van der Waals surface area contributed by atoms with Crippen molar-refractivity contribution >= 4 is 17.7 Å². The van der Waals surface area contributed by atoms with Crippen LogP contribution in [0, 0.1) is 5.92 Å². The molecule has 0 spiro atoms. The molecule has 2 aliphatic rings. The summed E-state index contributed by atoms with van der Waals surface area (Å²) < 4.78 is 17.3. The Bertz CT molecular complexity index is 1120. The lowest BCUT2D eigenvalue weighted by Gasteiger charge is -2.35. The third-order valence-corrected chi connectivity index (χ3v) is 7.15. The van der Waals surface area contributed by atoms with Crippen LogP contribution < -0.4 is 9.64 Å². The Balaban J connectivity index is 1.30. The summed E-state index contributed by atoms with van der Waals surface area (Å²) >= 11 is 0. The summed E-state index contributed by atoms with van der Waals surface area (Å²) in [5.41, 5.74) is 3.91. The van der Waals surface area contributed by atoms with Crippen molar-refractivity contribution in [3.05, 3.63) is 53.3 Å². The molecule has 2 aliphatic heterocycles. The molecule has 206 valence electrons. The van der Waals surface area contributed by atoms with Crippen LogP contribution in [0.3, 0.4) is 0 Å². The number of piperidine rings is 1. The number of ether oxygens (including phenoxy) is 3. The quantitative estimate of drug-likeness (QED) is 0.432. The maximum absolute atomic E-state index is 12.5. The highest BCUT2D eigenvalue weighted by Crippen LogP contribution is 2.32. The maximum Gasteiger partial charge on any atom is 0.410 e. The lowest BCUT2D eigenvalue weighted by Crippen LogP contribution is -2.39. The number of nitrogens with zero attached hydrogens (tertiary/aromatic N) is 3. The molecule has 0 radical (unpaired) electrons. The number of esters is 1. The zero-order valence-electron chi connectivity index (χ0n) is 23.4. The molecular formula is C30H41N3O5. The summed E-state index contributed by atoms with van der Waals surface area (Å²) in [5, 5.41) is 0. The number of fused-ring (bicyclic) bond motifs is 1. The molecule has 1 unspecified atom stereocenters. The van der Waals surface area contributed by atoms with E-state index in [1.165, 1.54) is 5.56 Å². The number of hydrogen-bond acceptors (Lipinski definition) is 7. The molecule has 8 heteroatoms. The Morgan fingerprint density at radius 2 is 1.87 bits per heavy atom. The van der Waals surface area contributed by atoms with Crippen LogP contribution in [0.5, 0.6) is 5.75 Å². The molecule has 2 aromatic rings. The van der Waals surface area contributed by atoms with Gasteiger partial charge in [0.15, 0.2) is 0 Å². The smallest absolute Gasteiger partial charge is 0.410 e. The molecule has 1 fully saturated rings. The van der Waals surface area contributed by atoms with E-state index in [-0.39, 0.29) is 18.2 Å². The summed E-state index contributed by atoms with van der Waals surface area (Å²) in [6.07, 6.45) is 6.21. The molecule has 0 saturated carbocycles. The average Bonchev–Trinajstić information content (AvgIpc) is 2.90. The number of rotatable bonds is 7. The fourth-order valence-electron chi connectivity index (χ4n) is 5.00. The number of carbonyl (C=O) groups excluding carboxylic acids is 2. The molecule has 8 nitrogen and oxygen atoms in total. The summed E-state index contributed by atoms with van der Waals surface area (Å²) in [7, 11) is 0. The van der Waals surface area contributed by atoms with Crippen molar-refractivity contribution in [3.63, 3.8) is 0 Å². The van der Waals surface area contributed by atoms with E-state index in [2.05, 4.69) is 22.0 Å². The first-order valence-electron chi connectivity index (χ1n) is 13.7. The third-order valence-electron chi connectivity index (χ3n) is 7.15. The molecule has 1 amide bonds. The van der Waals surface area contributed by atoms with Crippen molar-refractivity contribution in [1.29, 1.82) is 0 Å². The van der Waals surface area contributed by atoms with Gasteiger partial charge in [-0.2, -0.15) is 0 Å². The van der Waals surface area contributed by atoms with Gasteiger partial charge in [-0.3, -0.25) is 9.78 Å². The molecule has 1 aromatic heterocycles. The average molecular weight is 524 g/mol. The largest absolute Gasteiger partial charge is 0.493 e. The zero-order valence-corrected chi connectivity index (χ0v) is 23.4. The van der Waals surface area contributed by atoms with E-state index in [4.69, 9.17) is 14.2 Å². The van der Waals surface area contributed by atoms with E-state index in [1.807, 2.05) is 39.8 Å². The predicted octanol–water partition coefficient (Wildman–Crippen LogP) is 5.68. The molecule has 4 rings (SSSR count). The maximum atomic E-state index is 12.5. The second-order valence-corrected chi connectivity index (χ2v) is 11.2. The number of hydrogen-bond donors (Lipinski definition) is 0. The normalized spacial score (nSPS) is 17.0. The summed E-state index contributed by atoms with van der Waals surface area (Å²) in [5.74, 6) is 1.10. The van der Waals surface area contributed by atoms with Gasteiger partial charge in [-0.1, -0.05) is 13.0 Å². The van der Waals surface area contributed by atoms with E-state index in [9.17, 15) is 9.59 Å². The standard InChI is InChI=1S/C30H41N3O5/c1-6-28(34)37-21(2)26-18-31-13-9-27(26)32-14-10-22(11-15-32)20-36-25-8-7-23-12-16-33(19-24(23)17-25)29(35)38-30(3,4)5/h7-9,13,17-18,21-22H,6,10-12,14-16,19-20H2,1-5H3. The minimum Gasteiger partial charge on any atom is -0.493 e. The minimum atomic E-state index is -0.503. The summed E-state index contributed by atoms with van der Waals surface area (Å²) in [6, 6.07) is 8.25. The number of amides is 1. The lowest BCUT2D eigenvalue weighted by molar-refractivity contribution is -0.148. The van der Waals surface area contributed by atoms with Crippen LogP contribution in [0.25, 0.3) is 0 Å². The second-order valence-electron chi connectivity index (χ2n) is 11.2. The van der Waals surface area contributed by atoms with Gasteiger partial charge in [0.05, 0.1) is 6.61 Å². The van der Waals surface area contributed by atoms with Crippen molar-refractivity contribution in [1.82, 2.24) is 9.88 Å². The molecule has 0 N–H and O–H groups in total. The van der Waals surface area contributed by atoms with Crippen molar-refractivity contribution in [3.8, 4) is 5.75 Å². The Labute approximate surface area is 226 Å². The van der Waals surface area contributed by atoms with Gasteiger partial charge in [-0.25, -0.2) is 4.79 Å². The van der Waals surface area contributed by atoms with Crippen molar-refractivity contribution in [2.45, 2.75) is 78.6 Å². The first kappa shape index (κ1) is 27.7. The van der Waals surface area contributed by atoms with Gasteiger partial charge < -0.3 is 24.0 Å². The number of carbonyl (C=O) groups is 2. The van der Waals surface area contributed by atoms with Gasteiger partial charge in [0.1, 0.15) is 17.5 Å². The fraction of sp³-hybridized carbons (Fsp3) is 0.567. The SMILES string of the molecule is CCC(=O)OC(C)c1cnccc1N1CCC(COc2ccc3c(c2)CN(C(=O)OC(C)(C)C)CC3)CC1. The molecule has 1 aromatic carbocycles. The second kappa shape index (κ2) is 12.0. The van der Waals surface area contributed by atoms with E-state index < -0.39 is 5.60 Å². The van der Waals surface area contributed by atoms with E-state index in [1.54, 1.807) is 24.2 Å². The van der Waals surface area contributed by atoms with Crippen LogP contribution in [-0.4, -0.2) is 53.8 Å². The minimum absolute atomic E-state index is 0.206. The molecular weight excluding hydrogens is 482 g/mol. The molecule has 0 aliphatic carbocycles. The predicted molar refractivity (Wildman–Crippen MR) is 146 cm³/mol. The Morgan fingerprint density at radius 3 is 2.58 bits per heavy atom. The number of anilines is 1. The summed E-state index contributed by atoms with van der Waals surface area (Å²) in [6.45, 7) is 13.1. The van der Waals surface area contributed by atoms with Crippen LogP contribution in [0.2, 0.25) is 0 Å². The van der Waals surface area contributed by atoms with Gasteiger partial charge in [-0.15, -0.1) is 0 Å².